The van der Waals surface area contributed by atoms with Crippen molar-refractivity contribution in [3.05, 3.63) is 52.8 Å². The number of amides is 1. The van der Waals surface area contributed by atoms with Crippen LogP contribution in [0, 0.1) is 0 Å². The normalized spacial score (nSPS) is 12.5. The Morgan fingerprint density at radius 1 is 1.19 bits per heavy atom. The Balaban J connectivity index is 2.15. The monoisotopic (exact) mass is 404 g/mol. The summed E-state index contributed by atoms with van der Waals surface area (Å²) in [4.78, 5) is 17.5. The topological polar surface area (TPSA) is 77.7 Å². The summed E-state index contributed by atoms with van der Waals surface area (Å²) in [5, 5.41) is 0. The van der Waals surface area contributed by atoms with Crippen LogP contribution in [-0.4, -0.2) is 31.8 Å². The first-order valence-electron chi connectivity index (χ1n) is 8.49. The highest BCUT2D eigenvalue weighted by molar-refractivity contribution is 7.90. The van der Waals surface area contributed by atoms with Gasteiger partial charge >= 0.3 is 0 Å². The maximum atomic E-state index is 12.7. The molecule has 0 saturated heterocycles. The summed E-state index contributed by atoms with van der Waals surface area (Å²) < 4.78 is 32.3. The fraction of sp³-hybridized carbons (Fsp3) is 0.263. The van der Waals surface area contributed by atoms with Crippen LogP contribution >= 0.6 is 11.3 Å². The number of carbonyl (C=O) groups is 1. The van der Waals surface area contributed by atoms with Gasteiger partial charge in [-0.2, -0.15) is 4.99 Å². The molecular weight excluding hydrogens is 384 g/mol. The number of sulfone groups is 1. The molecule has 1 amide bonds. The SMILES string of the molecule is CCOc1ccc2c(c1)sc(=NC(=O)c1ccccc1S(C)(=O)=O)n2CC. The lowest BCUT2D eigenvalue weighted by Crippen LogP contribution is -2.17. The number of hydrogen-bond acceptors (Lipinski definition) is 5. The van der Waals surface area contributed by atoms with E-state index < -0.39 is 15.7 Å². The smallest absolute Gasteiger partial charge is 0.280 e. The molecular formula is C19H20N2O4S2. The van der Waals surface area contributed by atoms with Crippen LogP contribution in [0.1, 0.15) is 24.2 Å². The Morgan fingerprint density at radius 3 is 2.59 bits per heavy atom. The van der Waals surface area contributed by atoms with Crippen molar-refractivity contribution >= 4 is 37.3 Å². The average molecular weight is 405 g/mol. The van der Waals surface area contributed by atoms with E-state index >= 15 is 0 Å². The van der Waals surface area contributed by atoms with Crippen LogP contribution in [0.4, 0.5) is 0 Å². The Bertz CT molecular complexity index is 1170. The number of hydrogen-bond donors (Lipinski definition) is 0. The number of nitrogens with zero attached hydrogens (tertiary/aromatic N) is 2. The zero-order valence-electron chi connectivity index (χ0n) is 15.3. The number of fused-ring (bicyclic) bond motifs is 1. The minimum atomic E-state index is -3.52. The summed E-state index contributed by atoms with van der Waals surface area (Å²) in [6, 6.07) is 11.9. The number of ether oxygens (including phenoxy) is 1. The van der Waals surface area contributed by atoms with Crippen molar-refractivity contribution in [3.63, 3.8) is 0 Å². The van der Waals surface area contributed by atoms with Gasteiger partial charge in [-0.1, -0.05) is 23.5 Å². The minimum absolute atomic E-state index is 0.0125. The van der Waals surface area contributed by atoms with E-state index in [1.165, 1.54) is 23.5 Å². The first-order chi connectivity index (χ1) is 12.8. The standard InChI is InChI=1S/C19H20N2O4S2/c1-4-21-15-11-10-13(25-5-2)12-16(15)26-19(21)20-18(22)14-8-6-7-9-17(14)27(3,23)24/h6-12H,4-5H2,1-3H3. The van der Waals surface area contributed by atoms with Gasteiger partial charge in [-0.25, -0.2) is 8.42 Å². The predicted octanol–water partition coefficient (Wildman–Crippen LogP) is 3.27. The largest absolute Gasteiger partial charge is 0.494 e. The number of carbonyl (C=O) groups excluding carboxylic acids is 1. The van der Waals surface area contributed by atoms with Crippen LogP contribution in [0.5, 0.6) is 5.75 Å². The van der Waals surface area contributed by atoms with Crippen molar-refractivity contribution in [3.8, 4) is 5.75 Å². The average Bonchev–Trinajstić information content (AvgIpc) is 2.97. The molecule has 0 aliphatic carbocycles. The van der Waals surface area contributed by atoms with E-state index in [2.05, 4.69) is 4.99 Å². The predicted molar refractivity (Wildman–Crippen MR) is 106 cm³/mol. The van der Waals surface area contributed by atoms with Crippen LogP contribution in [0.2, 0.25) is 0 Å². The van der Waals surface area contributed by atoms with Gasteiger partial charge in [-0.15, -0.1) is 0 Å². The molecule has 1 heterocycles. The van der Waals surface area contributed by atoms with Gasteiger partial charge < -0.3 is 9.30 Å². The lowest BCUT2D eigenvalue weighted by Gasteiger charge is -2.04. The Hall–Kier alpha value is -2.45. The van der Waals surface area contributed by atoms with Gasteiger partial charge in [-0.3, -0.25) is 4.79 Å². The summed E-state index contributed by atoms with van der Waals surface area (Å²) in [6.45, 7) is 5.09. The third-order valence-electron chi connectivity index (χ3n) is 4.00. The molecule has 3 aromatic rings. The lowest BCUT2D eigenvalue weighted by molar-refractivity contribution is 0.0994. The lowest BCUT2D eigenvalue weighted by atomic mass is 10.2. The second kappa shape index (κ2) is 7.66. The molecule has 6 nitrogen and oxygen atoms in total. The van der Waals surface area contributed by atoms with Gasteiger partial charge in [0.1, 0.15) is 5.75 Å². The van der Waals surface area contributed by atoms with Gasteiger partial charge in [0, 0.05) is 12.8 Å². The Morgan fingerprint density at radius 2 is 1.93 bits per heavy atom. The maximum absolute atomic E-state index is 12.7. The molecule has 0 fully saturated rings. The van der Waals surface area contributed by atoms with E-state index in [0.29, 0.717) is 18.0 Å². The van der Waals surface area contributed by atoms with E-state index in [-0.39, 0.29) is 10.5 Å². The van der Waals surface area contributed by atoms with Gasteiger partial charge in [0.05, 0.1) is 27.3 Å². The molecule has 142 valence electrons. The summed E-state index contributed by atoms with van der Waals surface area (Å²) in [5.74, 6) is 0.185. The molecule has 1 aromatic heterocycles. The quantitative estimate of drug-likeness (QED) is 0.654. The zero-order chi connectivity index (χ0) is 19.6. The highest BCUT2D eigenvalue weighted by Gasteiger charge is 2.18. The molecule has 2 aromatic carbocycles. The van der Waals surface area contributed by atoms with Crippen LogP contribution in [0.25, 0.3) is 10.2 Å². The van der Waals surface area contributed by atoms with Crippen LogP contribution < -0.4 is 9.54 Å². The second-order valence-corrected chi connectivity index (χ2v) is 8.87. The van der Waals surface area contributed by atoms with E-state index in [1.807, 2.05) is 36.6 Å². The molecule has 0 N–H and O–H groups in total. The summed E-state index contributed by atoms with van der Waals surface area (Å²) in [6.07, 6.45) is 1.08. The second-order valence-electron chi connectivity index (χ2n) is 5.88. The first-order valence-corrected chi connectivity index (χ1v) is 11.2. The number of benzene rings is 2. The maximum Gasteiger partial charge on any atom is 0.280 e. The Kier molecular flexibility index (Phi) is 5.48. The molecule has 8 heteroatoms. The first kappa shape index (κ1) is 19.3. The molecule has 0 aliphatic rings. The number of thiazole rings is 1. The molecule has 0 unspecified atom stereocenters. The van der Waals surface area contributed by atoms with Gasteiger partial charge in [0.2, 0.25) is 0 Å². The molecule has 0 spiro atoms. The van der Waals surface area contributed by atoms with Crippen molar-refractivity contribution in [2.75, 3.05) is 12.9 Å². The summed E-state index contributed by atoms with van der Waals surface area (Å²) >= 11 is 1.37. The minimum Gasteiger partial charge on any atom is -0.494 e. The van der Waals surface area contributed by atoms with Crippen molar-refractivity contribution in [2.24, 2.45) is 4.99 Å². The third-order valence-corrected chi connectivity index (χ3v) is 6.19. The highest BCUT2D eigenvalue weighted by atomic mass is 32.2. The molecule has 0 aliphatic heterocycles. The van der Waals surface area contributed by atoms with Crippen LogP contribution in [0.15, 0.2) is 52.4 Å². The summed E-state index contributed by atoms with van der Waals surface area (Å²) in [7, 11) is -3.52. The summed E-state index contributed by atoms with van der Waals surface area (Å²) in [5.41, 5.74) is 1.03. The fourth-order valence-electron chi connectivity index (χ4n) is 2.81. The molecule has 3 rings (SSSR count). The zero-order valence-corrected chi connectivity index (χ0v) is 16.9. The van der Waals surface area contributed by atoms with E-state index in [0.717, 1.165) is 22.2 Å². The third kappa shape index (κ3) is 3.96. The van der Waals surface area contributed by atoms with Crippen molar-refractivity contribution in [1.82, 2.24) is 4.57 Å². The van der Waals surface area contributed by atoms with Crippen molar-refractivity contribution < 1.29 is 17.9 Å². The molecule has 0 atom stereocenters. The van der Waals surface area contributed by atoms with Gasteiger partial charge in [0.15, 0.2) is 14.6 Å². The molecule has 0 bridgehead atoms. The van der Waals surface area contributed by atoms with E-state index in [1.54, 1.807) is 12.1 Å². The Labute approximate surface area is 161 Å². The highest BCUT2D eigenvalue weighted by Crippen LogP contribution is 2.24. The van der Waals surface area contributed by atoms with Crippen LogP contribution in [-0.2, 0) is 16.4 Å². The number of aryl methyl sites for hydroxylation is 1. The molecule has 0 saturated carbocycles. The number of aromatic nitrogens is 1. The van der Waals surface area contributed by atoms with Gasteiger partial charge in [-0.05, 0) is 44.2 Å². The molecule has 0 radical (unpaired) electrons. The van der Waals surface area contributed by atoms with E-state index in [9.17, 15) is 13.2 Å². The van der Waals surface area contributed by atoms with Crippen molar-refractivity contribution in [2.45, 2.75) is 25.3 Å². The molecule has 27 heavy (non-hydrogen) atoms. The van der Waals surface area contributed by atoms with Crippen molar-refractivity contribution in [1.29, 1.82) is 0 Å². The van der Waals surface area contributed by atoms with Gasteiger partial charge in [0.25, 0.3) is 5.91 Å². The van der Waals surface area contributed by atoms with E-state index in [4.69, 9.17) is 4.74 Å². The van der Waals surface area contributed by atoms with Crippen LogP contribution in [0.3, 0.4) is 0 Å². The fourth-order valence-corrected chi connectivity index (χ4v) is 4.82. The number of rotatable bonds is 5.